The number of rotatable bonds is 65. The molecule has 3 N–H and O–H groups in total. The lowest BCUT2D eigenvalue weighted by molar-refractivity contribution is -0.161. The maximum absolute atomic E-state index is 13.0. The van der Waals surface area contributed by atoms with Crippen molar-refractivity contribution in [2.24, 2.45) is 0 Å². The van der Waals surface area contributed by atoms with Crippen LogP contribution in [-0.4, -0.2) is 96.7 Å². The molecule has 5 atom stereocenters. The van der Waals surface area contributed by atoms with E-state index in [1.807, 2.05) is 0 Å². The molecule has 0 aliphatic rings. The molecule has 0 amide bonds. The van der Waals surface area contributed by atoms with Gasteiger partial charge in [-0.15, -0.1) is 0 Å². The van der Waals surface area contributed by atoms with Crippen LogP contribution >= 0.6 is 15.6 Å². The van der Waals surface area contributed by atoms with E-state index in [4.69, 9.17) is 37.0 Å². The maximum atomic E-state index is 13.0. The molecule has 17 nitrogen and oxygen atoms in total. The average Bonchev–Trinajstić information content (AvgIpc) is 3.72. The number of aliphatic hydroxyl groups excluding tert-OH is 1. The van der Waals surface area contributed by atoms with E-state index in [0.29, 0.717) is 25.7 Å². The molecule has 0 aromatic heterocycles. The normalized spacial score (nSPS) is 14.5. The zero-order valence-electron chi connectivity index (χ0n) is 55.4. The van der Waals surface area contributed by atoms with Crippen LogP contribution in [0.3, 0.4) is 0 Å². The number of phosphoric acid groups is 2. The molecule has 0 fully saturated rings. The third-order valence-corrected chi connectivity index (χ3v) is 16.3. The Morgan fingerprint density at radius 2 is 0.580 bits per heavy atom. The van der Waals surface area contributed by atoms with Gasteiger partial charge in [-0.2, -0.15) is 0 Å². The monoisotopic (exact) mass is 1290 g/mol. The number of unbranched alkanes of at least 4 members (excludes halogenated alkanes) is 29. The summed E-state index contributed by atoms with van der Waals surface area (Å²) in [6, 6.07) is 0. The quantitative estimate of drug-likeness (QED) is 0.0169. The maximum Gasteiger partial charge on any atom is 0.472 e. The Kier molecular flexibility index (Phi) is 60.3. The molecular weight excluding hydrogens is 1160 g/mol. The summed E-state index contributed by atoms with van der Waals surface area (Å²) in [5.74, 6) is -2.21. The van der Waals surface area contributed by atoms with Crippen LogP contribution < -0.4 is 0 Å². The van der Waals surface area contributed by atoms with Gasteiger partial charge < -0.3 is 33.8 Å². The number of esters is 4. The predicted molar refractivity (Wildman–Crippen MR) is 353 cm³/mol. The van der Waals surface area contributed by atoms with E-state index >= 15 is 0 Å². The van der Waals surface area contributed by atoms with Crippen LogP contribution in [0.15, 0.2) is 60.8 Å². The SMILES string of the molecule is CCC/C=C\C/C=C/CCCCCCCC(=O)OC[C@H](COP(=O)(O)OC[C@@H](O)COP(=O)(O)OC[C@@H](COC(=O)CCCCCCC/C=C/CCCCCCCC)OC(=O)CCCCCCC/C=C/C/C=C/CCCCC)OC(=O)CCCCCCC. The number of carbonyl (C=O) groups excluding carboxylic acids is 4. The summed E-state index contributed by atoms with van der Waals surface area (Å²) in [4.78, 5) is 72.1. The molecule has 0 radical (unpaired) electrons. The Morgan fingerprint density at radius 1 is 0.318 bits per heavy atom. The molecule has 0 bridgehead atoms. The first kappa shape index (κ1) is 84.8. The van der Waals surface area contributed by atoms with Crippen LogP contribution in [0.4, 0.5) is 0 Å². The van der Waals surface area contributed by atoms with Gasteiger partial charge in [0.15, 0.2) is 12.2 Å². The molecule has 0 rings (SSSR count). The molecule has 0 aromatic rings. The minimum absolute atomic E-state index is 0.0807. The van der Waals surface area contributed by atoms with Crippen molar-refractivity contribution in [2.75, 3.05) is 39.6 Å². The second-order valence-corrected chi connectivity index (χ2v) is 26.0. The smallest absolute Gasteiger partial charge is 0.462 e. The number of hydrogen-bond donors (Lipinski definition) is 3. The molecule has 0 saturated heterocycles. The van der Waals surface area contributed by atoms with Crippen molar-refractivity contribution in [2.45, 2.75) is 316 Å². The lowest BCUT2D eigenvalue weighted by Crippen LogP contribution is -2.30. The molecule has 0 heterocycles. The lowest BCUT2D eigenvalue weighted by Gasteiger charge is -2.21. The van der Waals surface area contributed by atoms with Crippen molar-refractivity contribution in [3.63, 3.8) is 0 Å². The molecule has 0 aromatic carbocycles. The van der Waals surface area contributed by atoms with Gasteiger partial charge in [-0.1, -0.05) is 223 Å². The Morgan fingerprint density at radius 3 is 0.920 bits per heavy atom. The highest BCUT2D eigenvalue weighted by Crippen LogP contribution is 2.45. The minimum Gasteiger partial charge on any atom is -0.462 e. The van der Waals surface area contributed by atoms with Crippen molar-refractivity contribution in [3.8, 4) is 0 Å². The Labute approximate surface area is 533 Å². The highest BCUT2D eigenvalue weighted by molar-refractivity contribution is 7.47. The molecule has 2 unspecified atom stereocenters. The van der Waals surface area contributed by atoms with E-state index in [9.17, 15) is 43.2 Å². The summed E-state index contributed by atoms with van der Waals surface area (Å²) < 4.78 is 67.9. The molecule has 0 spiro atoms. The van der Waals surface area contributed by atoms with Crippen molar-refractivity contribution in [3.05, 3.63) is 60.8 Å². The van der Waals surface area contributed by atoms with Crippen molar-refractivity contribution >= 4 is 39.5 Å². The van der Waals surface area contributed by atoms with Gasteiger partial charge >= 0.3 is 39.5 Å². The lowest BCUT2D eigenvalue weighted by atomic mass is 10.1. The standard InChI is InChI=1S/C69H124O17P2/c1-5-9-13-17-20-23-26-29-31-34-37-40-43-47-50-54-67(72)80-60-65(86-69(74)56-52-48-44-41-38-35-32-30-27-24-21-18-14-10-6-2)62-84-88(77,78)82-58-63(70)57-81-87(75,76)83-61-64(85-68(73)55-51-45-16-12-8-4)59-79-66(71)53-49-46-42-39-36-33-28-25-22-19-15-11-7-3/h15,19,21,24-25,28-32,63-65,70H,5-14,16-18,20,22-23,26-27,33-62H2,1-4H3,(H,75,76)(H,77,78)/b19-15-,24-21+,28-25+,31-29+,32-30+/t63-,64-,65-/m1/s1. The molecule has 0 saturated carbocycles. The summed E-state index contributed by atoms with van der Waals surface area (Å²) in [5.41, 5.74) is 0. The van der Waals surface area contributed by atoms with Gasteiger partial charge in [0.1, 0.15) is 19.3 Å². The average molecular weight is 1290 g/mol. The third kappa shape index (κ3) is 61.6. The Hall–Kier alpha value is -3.24. The topological polar surface area (TPSA) is 237 Å². The molecule has 0 aliphatic heterocycles. The fourth-order valence-electron chi connectivity index (χ4n) is 9.10. The van der Waals surface area contributed by atoms with Crippen LogP contribution in [0.5, 0.6) is 0 Å². The Balaban J connectivity index is 5.21. The second-order valence-electron chi connectivity index (χ2n) is 23.1. The van der Waals surface area contributed by atoms with Gasteiger partial charge in [-0.3, -0.25) is 37.3 Å². The van der Waals surface area contributed by atoms with Gasteiger partial charge in [-0.25, -0.2) is 9.13 Å². The number of aliphatic hydroxyl groups is 1. The van der Waals surface area contributed by atoms with Gasteiger partial charge in [-0.05, 0) is 109 Å². The highest BCUT2D eigenvalue weighted by Gasteiger charge is 2.30. The highest BCUT2D eigenvalue weighted by atomic mass is 31.2. The zero-order valence-corrected chi connectivity index (χ0v) is 57.2. The van der Waals surface area contributed by atoms with E-state index < -0.39 is 97.5 Å². The van der Waals surface area contributed by atoms with E-state index in [1.54, 1.807) is 0 Å². The summed E-state index contributed by atoms with van der Waals surface area (Å²) in [5, 5.41) is 10.5. The van der Waals surface area contributed by atoms with E-state index in [2.05, 4.69) is 88.5 Å². The Bertz CT molecular complexity index is 1920. The summed E-state index contributed by atoms with van der Waals surface area (Å²) in [6.45, 7) is 4.63. The number of allylic oxidation sites excluding steroid dienone is 10. The summed E-state index contributed by atoms with van der Waals surface area (Å²) in [6.07, 6.45) is 57.3. The molecule has 0 aliphatic carbocycles. The fraction of sp³-hybridized carbons (Fsp3) is 0.797. The molecule has 512 valence electrons. The second kappa shape index (κ2) is 62.6. The summed E-state index contributed by atoms with van der Waals surface area (Å²) >= 11 is 0. The van der Waals surface area contributed by atoms with Gasteiger partial charge in [0, 0.05) is 25.7 Å². The zero-order chi connectivity index (χ0) is 64.7. The van der Waals surface area contributed by atoms with Crippen LogP contribution in [0.25, 0.3) is 0 Å². The van der Waals surface area contributed by atoms with Gasteiger partial charge in [0.25, 0.3) is 0 Å². The number of phosphoric ester groups is 2. The fourth-order valence-corrected chi connectivity index (χ4v) is 10.7. The van der Waals surface area contributed by atoms with Crippen LogP contribution in [0, 0.1) is 0 Å². The molecule has 88 heavy (non-hydrogen) atoms. The van der Waals surface area contributed by atoms with Crippen LogP contribution in [0.1, 0.15) is 297 Å². The first-order valence-electron chi connectivity index (χ1n) is 34.5. The molecule has 19 heteroatoms. The van der Waals surface area contributed by atoms with E-state index in [1.165, 1.54) is 57.8 Å². The number of ether oxygens (including phenoxy) is 4. The van der Waals surface area contributed by atoms with Gasteiger partial charge in [0.05, 0.1) is 26.4 Å². The van der Waals surface area contributed by atoms with E-state index in [-0.39, 0.29) is 25.7 Å². The van der Waals surface area contributed by atoms with Crippen LogP contribution in [0.2, 0.25) is 0 Å². The van der Waals surface area contributed by atoms with E-state index in [0.717, 1.165) is 161 Å². The first-order chi connectivity index (χ1) is 42.7. The van der Waals surface area contributed by atoms with Crippen molar-refractivity contribution in [1.29, 1.82) is 0 Å². The predicted octanol–water partition coefficient (Wildman–Crippen LogP) is 18.8. The van der Waals surface area contributed by atoms with Crippen LogP contribution in [-0.2, 0) is 65.4 Å². The van der Waals surface area contributed by atoms with Crippen molar-refractivity contribution < 1.29 is 80.2 Å². The first-order valence-corrected chi connectivity index (χ1v) is 37.5. The minimum atomic E-state index is -4.96. The summed E-state index contributed by atoms with van der Waals surface area (Å²) in [7, 11) is -9.91. The van der Waals surface area contributed by atoms with Crippen molar-refractivity contribution in [1.82, 2.24) is 0 Å². The number of hydrogen-bond acceptors (Lipinski definition) is 15. The number of carbonyl (C=O) groups is 4. The largest absolute Gasteiger partial charge is 0.472 e. The third-order valence-electron chi connectivity index (χ3n) is 14.4. The van der Waals surface area contributed by atoms with Gasteiger partial charge in [0.2, 0.25) is 0 Å². The molecular formula is C69H124O17P2.